The van der Waals surface area contributed by atoms with Gasteiger partial charge < -0.3 is 20.4 Å². The van der Waals surface area contributed by atoms with Crippen LogP contribution in [0.15, 0.2) is 77.8 Å². The van der Waals surface area contributed by atoms with Crippen LogP contribution in [0.1, 0.15) is 50.4 Å². The minimum absolute atomic E-state index is 0.117. The van der Waals surface area contributed by atoms with Crippen molar-refractivity contribution in [3.05, 3.63) is 101 Å². The fourth-order valence-corrected chi connectivity index (χ4v) is 4.61. The van der Waals surface area contributed by atoms with Gasteiger partial charge in [-0.25, -0.2) is 0 Å². The molecule has 1 fully saturated rings. The number of amides is 2. The number of carbonyl (C=O) groups excluding carboxylic acids is 2. The molecule has 7 heteroatoms. The van der Waals surface area contributed by atoms with Gasteiger partial charge in [0.15, 0.2) is 0 Å². The number of hydrogen-bond donors (Lipinski definition) is 2. The number of likely N-dealkylation sites (N-methyl/N-ethyl adjacent to an activating group) is 1. The van der Waals surface area contributed by atoms with E-state index < -0.39 is 0 Å². The molecule has 2 aliphatic rings. The van der Waals surface area contributed by atoms with Gasteiger partial charge in [-0.3, -0.25) is 14.6 Å². The second kappa shape index (κ2) is 10.3. The summed E-state index contributed by atoms with van der Waals surface area (Å²) in [6.07, 6.45) is 0. The molecule has 3 aromatic rings. The molecule has 0 aromatic heterocycles. The zero-order valence-corrected chi connectivity index (χ0v) is 20.7. The first-order valence-corrected chi connectivity index (χ1v) is 12.4. The Labute approximate surface area is 211 Å². The van der Waals surface area contributed by atoms with Crippen LogP contribution >= 0.6 is 0 Å². The third-order valence-electron chi connectivity index (χ3n) is 6.91. The molecule has 1 atom stereocenters. The molecule has 2 N–H and O–H groups in total. The number of rotatable bonds is 5. The Hall–Kier alpha value is -3.97. The average molecular weight is 482 g/mol. The van der Waals surface area contributed by atoms with Crippen LogP contribution in [0.4, 0.5) is 5.69 Å². The molecular formula is C29H31N5O2. The largest absolute Gasteiger partial charge is 0.369 e. The molecule has 1 unspecified atom stereocenters. The standard InChI is InChI=1S/C29H31N5O2/c1-20(21-6-4-3-5-7-21)31-29(36)23-8-9-24-19-30-27(26(24)18-23)32-28(35)22-10-12-25(13-11-22)34-16-14-33(2)15-17-34/h3-13,18,20H,14-17,19H2,1-2H3,(H,31,36)(H,30,32,35). The van der Waals surface area contributed by atoms with Gasteiger partial charge in [-0.15, -0.1) is 0 Å². The second-order valence-electron chi connectivity index (χ2n) is 9.43. The monoisotopic (exact) mass is 481 g/mol. The summed E-state index contributed by atoms with van der Waals surface area (Å²) in [5.41, 5.74) is 5.07. The number of piperazine rings is 1. The molecule has 0 radical (unpaired) electrons. The van der Waals surface area contributed by atoms with Crippen LogP contribution in [0.5, 0.6) is 0 Å². The van der Waals surface area contributed by atoms with E-state index in [1.807, 2.05) is 79.7 Å². The van der Waals surface area contributed by atoms with Crippen molar-refractivity contribution in [1.82, 2.24) is 15.5 Å². The molecule has 2 amide bonds. The van der Waals surface area contributed by atoms with Crippen LogP contribution in [-0.2, 0) is 6.54 Å². The lowest BCUT2D eigenvalue weighted by Crippen LogP contribution is -2.44. The van der Waals surface area contributed by atoms with Gasteiger partial charge in [0.2, 0.25) is 0 Å². The Morgan fingerprint density at radius 3 is 2.28 bits per heavy atom. The zero-order chi connectivity index (χ0) is 25.1. The molecule has 7 nitrogen and oxygen atoms in total. The maximum absolute atomic E-state index is 13.0. The third kappa shape index (κ3) is 5.16. The van der Waals surface area contributed by atoms with E-state index >= 15 is 0 Å². The quantitative estimate of drug-likeness (QED) is 0.584. The maximum Gasteiger partial charge on any atom is 0.256 e. The number of amidine groups is 1. The van der Waals surface area contributed by atoms with Crippen molar-refractivity contribution in [1.29, 1.82) is 0 Å². The first kappa shape index (κ1) is 23.8. The van der Waals surface area contributed by atoms with Crippen LogP contribution in [0.25, 0.3) is 0 Å². The number of fused-ring (bicyclic) bond motifs is 1. The molecule has 3 aromatic carbocycles. The van der Waals surface area contributed by atoms with Crippen molar-refractivity contribution in [2.45, 2.75) is 19.5 Å². The molecule has 0 spiro atoms. The molecule has 0 bridgehead atoms. The van der Waals surface area contributed by atoms with Crippen LogP contribution in [0, 0.1) is 0 Å². The van der Waals surface area contributed by atoms with E-state index in [9.17, 15) is 9.59 Å². The number of nitrogens with one attached hydrogen (secondary N) is 2. The van der Waals surface area contributed by atoms with Crippen molar-refractivity contribution in [2.24, 2.45) is 4.99 Å². The Kier molecular flexibility index (Phi) is 6.82. The lowest BCUT2D eigenvalue weighted by atomic mass is 10.0. The second-order valence-corrected chi connectivity index (χ2v) is 9.43. The van der Waals surface area contributed by atoms with Gasteiger partial charge in [0.1, 0.15) is 5.84 Å². The first-order chi connectivity index (χ1) is 17.5. The van der Waals surface area contributed by atoms with E-state index in [4.69, 9.17) is 0 Å². The number of anilines is 1. The lowest BCUT2D eigenvalue weighted by molar-refractivity contribution is 0.0938. The Balaban J connectivity index is 1.24. The fraction of sp³-hybridized carbons (Fsp3) is 0.276. The predicted octanol–water partition coefficient (Wildman–Crippen LogP) is 3.62. The smallest absolute Gasteiger partial charge is 0.256 e. The summed E-state index contributed by atoms with van der Waals surface area (Å²) in [7, 11) is 2.13. The highest BCUT2D eigenvalue weighted by molar-refractivity contribution is 6.15. The summed E-state index contributed by atoms with van der Waals surface area (Å²) in [6, 6.07) is 23.0. The summed E-state index contributed by atoms with van der Waals surface area (Å²) in [5.74, 6) is 0.134. The third-order valence-corrected chi connectivity index (χ3v) is 6.91. The van der Waals surface area contributed by atoms with Crippen molar-refractivity contribution in [3.63, 3.8) is 0 Å². The molecular weight excluding hydrogens is 450 g/mol. The highest BCUT2D eigenvalue weighted by Gasteiger charge is 2.22. The molecule has 36 heavy (non-hydrogen) atoms. The number of carbonyl (C=O) groups is 2. The van der Waals surface area contributed by atoms with Crippen LogP contribution < -0.4 is 15.5 Å². The maximum atomic E-state index is 13.0. The van der Waals surface area contributed by atoms with Gasteiger partial charge in [0.05, 0.1) is 12.6 Å². The van der Waals surface area contributed by atoms with Crippen LogP contribution in [0.2, 0.25) is 0 Å². The Morgan fingerprint density at radius 1 is 0.861 bits per heavy atom. The predicted molar refractivity (Wildman–Crippen MR) is 143 cm³/mol. The Morgan fingerprint density at radius 2 is 1.56 bits per heavy atom. The zero-order valence-electron chi connectivity index (χ0n) is 20.7. The molecule has 5 rings (SSSR count). The van der Waals surface area contributed by atoms with Gasteiger partial charge in [0, 0.05) is 48.6 Å². The number of aliphatic imine (C=N–C) groups is 1. The van der Waals surface area contributed by atoms with Crippen molar-refractivity contribution >= 4 is 23.3 Å². The molecule has 2 heterocycles. The van der Waals surface area contributed by atoms with Gasteiger partial charge in [-0.05, 0) is 61.5 Å². The number of hydrogen-bond acceptors (Lipinski definition) is 5. The van der Waals surface area contributed by atoms with Crippen molar-refractivity contribution < 1.29 is 9.59 Å². The van der Waals surface area contributed by atoms with Crippen molar-refractivity contribution in [3.8, 4) is 0 Å². The minimum atomic E-state index is -0.209. The van der Waals surface area contributed by atoms with E-state index in [0.29, 0.717) is 23.5 Å². The number of nitrogens with zero attached hydrogens (tertiary/aromatic N) is 3. The topological polar surface area (TPSA) is 77.0 Å². The fourth-order valence-electron chi connectivity index (χ4n) is 4.61. The lowest BCUT2D eigenvalue weighted by Gasteiger charge is -2.34. The summed E-state index contributed by atoms with van der Waals surface area (Å²) < 4.78 is 0. The first-order valence-electron chi connectivity index (χ1n) is 12.4. The average Bonchev–Trinajstić information content (AvgIpc) is 3.31. The van der Waals surface area contributed by atoms with Crippen LogP contribution in [0.3, 0.4) is 0 Å². The van der Waals surface area contributed by atoms with Crippen molar-refractivity contribution in [2.75, 3.05) is 38.1 Å². The number of benzene rings is 3. The molecule has 0 saturated carbocycles. The molecule has 1 saturated heterocycles. The normalized spacial score (nSPS) is 16.2. The van der Waals surface area contributed by atoms with Gasteiger partial charge in [0.25, 0.3) is 11.8 Å². The SMILES string of the molecule is CC(NC(=O)c1ccc2c(c1)C(NC(=O)c1ccc(N3CCN(C)CC3)cc1)=NC2)c1ccccc1. The van der Waals surface area contributed by atoms with Gasteiger partial charge in [-0.2, -0.15) is 0 Å². The molecule has 2 aliphatic heterocycles. The van der Waals surface area contributed by atoms with Gasteiger partial charge >= 0.3 is 0 Å². The summed E-state index contributed by atoms with van der Waals surface area (Å²) in [4.78, 5) is 35.1. The summed E-state index contributed by atoms with van der Waals surface area (Å²) >= 11 is 0. The summed E-state index contributed by atoms with van der Waals surface area (Å²) in [6.45, 7) is 6.48. The Bertz CT molecular complexity index is 1280. The highest BCUT2D eigenvalue weighted by Crippen LogP contribution is 2.22. The molecule has 0 aliphatic carbocycles. The highest BCUT2D eigenvalue weighted by atomic mass is 16.2. The van der Waals surface area contributed by atoms with E-state index in [-0.39, 0.29) is 17.9 Å². The van der Waals surface area contributed by atoms with E-state index in [1.54, 1.807) is 0 Å². The van der Waals surface area contributed by atoms with E-state index in [0.717, 1.165) is 48.6 Å². The minimum Gasteiger partial charge on any atom is -0.369 e. The molecule has 184 valence electrons. The van der Waals surface area contributed by atoms with E-state index in [1.165, 1.54) is 0 Å². The van der Waals surface area contributed by atoms with E-state index in [2.05, 4.69) is 32.5 Å². The van der Waals surface area contributed by atoms with Gasteiger partial charge in [-0.1, -0.05) is 36.4 Å². The summed E-state index contributed by atoms with van der Waals surface area (Å²) in [5, 5.41) is 6.00. The van der Waals surface area contributed by atoms with Crippen LogP contribution in [-0.4, -0.2) is 55.8 Å².